The van der Waals surface area contributed by atoms with Gasteiger partial charge in [-0.15, -0.1) is 0 Å². The molecule has 0 unspecified atom stereocenters. The first-order valence-electron chi connectivity index (χ1n) is 9.81. The quantitative estimate of drug-likeness (QED) is 0.713. The van der Waals surface area contributed by atoms with Gasteiger partial charge in [0.2, 0.25) is 0 Å². The van der Waals surface area contributed by atoms with Gasteiger partial charge < -0.3 is 15.3 Å². The van der Waals surface area contributed by atoms with Crippen LogP contribution in [-0.2, 0) is 4.79 Å². The molecule has 1 heterocycles. The summed E-state index contributed by atoms with van der Waals surface area (Å²) in [7, 11) is 0. The maximum Gasteiger partial charge on any atom is 0.306 e. The third-order valence-electron chi connectivity index (χ3n) is 5.71. The van der Waals surface area contributed by atoms with Crippen molar-refractivity contribution < 1.29 is 9.90 Å². The smallest absolute Gasteiger partial charge is 0.306 e. The minimum Gasteiger partial charge on any atom is -0.481 e. The summed E-state index contributed by atoms with van der Waals surface area (Å²) in [6, 6.07) is 8.61. The monoisotopic (exact) mass is 379 g/mol. The molecule has 1 saturated heterocycles. The summed E-state index contributed by atoms with van der Waals surface area (Å²) in [6.45, 7) is 6.43. The highest BCUT2D eigenvalue weighted by Gasteiger charge is 2.25. The summed E-state index contributed by atoms with van der Waals surface area (Å²) in [4.78, 5) is 15.9. The predicted octanol–water partition coefficient (Wildman–Crippen LogP) is 3.09. The first-order valence-corrected chi connectivity index (χ1v) is 10.2. The molecular weight excluding hydrogens is 350 g/mol. The van der Waals surface area contributed by atoms with Crippen molar-refractivity contribution in [3.05, 3.63) is 29.3 Å². The number of piperazine rings is 1. The van der Waals surface area contributed by atoms with Crippen molar-refractivity contribution in [1.29, 1.82) is 0 Å². The number of benzene rings is 1. The first-order chi connectivity index (χ1) is 12.6. The Hall–Kier alpha value is -1.30. The molecule has 1 aromatic carbocycles. The summed E-state index contributed by atoms with van der Waals surface area (Å²) in [6.07, 6.45) is 4.78. The van der Waals surface area contributed by atoms with Gasteiger partial charge in [-0.05, 0) is 63.4 Å². The van der Waals surface area contributed by atoms with Crippen LogP contribution in [0.4, 0.5) is 5.69 Å². The van der Waals surface area contributed by atoms with E-state index < -0.39 is 5.97 Å². The van der Waals surface area contributed by atoms with E-state index in [0.717, 1.165) is 76.4 Å². The Morgan fingerprint density at radius 2 is 1.88 bits per heavy atom. The van der Waals surface area contributed by atoms with E-state index in [1.165, 1.54) is 5.69 Å². The lowest BCUT2D eigenvalue weighted by Gasteiger charge is -2.36. The van der Waals surface area contributed by atoms with Crippen molar-refractivity contribution in [2.45, 2.75) is 38.1 Å². The zero-order chi connectivity index (χ0) is 18.4. The van der Waals surface area contributed by atoms with Gasteiger partial charge in [-0.1, -0.05) is 17.7 Å². The Morgan fingerprint density at radius 1 is 1.15 bits per heavy atom. The van der Waals surface area contributed by atoms with Gasteiger partial charge in [-0.25, -0.2) is 0 Å². The zero-order valence-corrected chi connectivity index (χ0v) is 16.1. The fourth-order valence-electron chi connectivity index (χ4n) is 4.06. The molecular formula is C20H30ClN3O2. The molecule has 144 valence electrons. The lowest BCUT2D eigenvalue weighted by atomic mass is 9.86. The van der Waals surface area contributed by atoms with Crippen LogP contribution >= 0.6 is 11.6 Å². The van der Waals surface area contributed by atoms with Gasteiger partial charge >= 0.3 is 5.97 Å². The van der Waals surface area contributed by atoms with Crippen LogP contribution in [-0.4, -0.2) is 61.3 Å². The number of halogens is 1. The lowest BCUT2D eigenvalue weighted by Crippen LogP contribution is -2.47. The molecule has 1 saturated carbocycles. The number of anilines is 1. The highest BCUT2D eigenvalue weighted by atomic mass is 35.5. The van der Waals surface area contributed by atoms with Crippen LogP contribution < -0.4 is 10.2 Å². The molecule has 2 aliphatic rings. The highest BCUT2D eigenvalue weighted by molar-refractivity contribution is 6.30. The van der Waals surface area contributed by atoms with Crippen molar-refractivity contribution in [2.75, 3.05) is 44.2 Å². The fourth-order valence-corrected chi connectivity index (χ4v) is 4.24. The SMILES string of the molecule is O=C(O)C1CCC(NCCCN2CCN(c3cccc(Cl)c3)CC2)CC1. The molecule has 1 aliphatic heterocycles. The molecule has 0 aromatic heterocycles. The number of rotatable bonds is 7. The van der Waals surface area contributed by atoms with Crippen LogP contribution in [0.5, 0.6) is 0 Å². The Labute approximate surface area is 161 Å². The number of nitrogens with one attached hydrogen (secondary N) is 1. The van der Waals surface area contributed by atoms with Gasteiger partial charge in [0.1, 0.15) is 0 Å². The molecule has 0 atom stereocenters. The van der Waals surface area contributed by atoms with Crippen molar-refractivity contribution in [3.63, 3.8) is 0 Å². The standard InChI is InChI=1S/C20H30ClN3O2/c21-17-3-1-4-19(15-17)24-13-11-23(12-14-24)10-2-9-22-18-7-5-16(6-8-18)20(25)26/h1,3-4,15-16,18,22H,2,5-14H2,(H,25,26). The minimum absolute atomic E-state index is 0.121. The molecule has 1 aliphatic carbocycles. The summed E-state index contributed by atoms with van der Waals surface area (Å²) in [5.41, 5.74) is 1.22. The van der Waals surface area contributed by atoms with Gasteiger partial charge in [0, 0.05) is 42.9 Å². The maximum absolute atomic E-state index is 11.0. The Morgan fingerprint density at radius 3 is 2.54 bits per heavy atom. The molecule has 26 heavy (non-hydrogen) atoms. The topological polar surface area (TPSA) is 55.8 Å². The van der Waals surface area contributed by atoms with E-state index >= 15 is 0 Å². The van der Waals surface area contributed by atoms with Crippen molar-refractivity contribution >= 4 is 23.3 Å². The normalized spacial score (nSPS) is 24.6. The summed E-state index contributed by atoms with van der Waals surface area (Å²) < 4.78 is 0. The van der Waals surface area contributed by atoms with Crippen LogP contribution in [0, 0.1) is 5.92 Å². The average molecular weight is 380 g/mol. The van der Waals surface area contributed by atoms with Crippen LogP contribution in [0.15, 0.2) is 24.3 Å². The highest BCUT2D eigenvalue weighted by Crippen LogP contribution is 2.24. The average Bonchev–Trinajstić information content (AvgIpc) is 2.66. The van der Waals surface area contributed by atoms with Crippen LogP contribution in [0.25, 0.3) is 0 Å². The molecule has 2 N–H and O–H groups in total. The molecule has 1 aromatic rings. The molecule has 2 fully saturated rings. The second-order valence-corrected chi connectivity index (χ2v) is 7.94. The van der Waals surface area contributed by atoms with E-state index in [-0.39, 0.29) is 5.92 Å². The number of carboxylic acids is 1. The fraction of sp³-hybridized carbons (Fsp3) is 0.650. The Balaban J connectivity index is 1.28. The van der Waals surface area contributed by atoms with Crippen LogP contribution in [0.3, 0.4) is 0 Å². The molecule has 0 spiro atoms. The van der Waals surface area contributed by atoms with Crippen LogP contribution in [0.1, 0.15) is 32.1 Å². The molecule has 0 radical (unpaired) electrons. The zero-order valence-electron chi connectivity index (χ0n) is 15.4. The number of nitrogens with zero attached hydrogens (tertiary/aromatic N) is 2. The first kappa shape index (κ1) is 19.5. The second-order valence-electron chi connectivity index (χ2n) is 7.50. The molecule has 0 bridgehead atoms. The van der Waals surface area contributed by atoms with Crippen molar-refractivity contribution in [3.8, 4) is 0 Å². The Kier molecular flexibility index (Phi) is 7.17. The number of aliphatic carboxylic acids is 1. The van der Waals surface area contributed by atoms with Gasteiger partial charge in [0.05, 0.1) is 5.92 Å². The third kappa shape index (κ3) is 5.60. The maximum atomic E-state index is 11.0. The van der Waals surface area contributed by atoms with Gasteiger partial charge in [-0.3, -0.25) is 9.69 Å². The van der Waals surface area contributed by atoms with Crippen LogP contribution in [0.2, 0.25) is 5.02 Å². The van der Waals surface area contributed by atoms with E-state index in [9.17, 15) is 4.79 Å². The van der Waals surface area contributed by atoms with E-state index in [4.69, 9.17) is 16.7 Å². The minimum atomic E-state index is -0.625. The summed E-state index contributed by atoms with van der Waals surface area (Å²) in [5.74, 6) is -0.746. The molecule has 6 heteroatoms. The number of hydrogen-bond acceptors (Lipinski definition) is 4. The largest absolute Gasteiger partial charge is 0.481 e. The summed E-state index contributed by atoms with van der Waals surface area (Å²) >= 11 is 6.09. The van der Waals surface area contributed by atoms with Crippen molar-refractivity contribution in [2.24, 2.45) is 5.92 Å². The van der Waals surface area contributed by atoms with E-state index in [2.05, 4.69) is 21.2 Å². The summed E-state index contributed by atoms with van der Waals surface area (Å²) in [5, 5.41) is 13.5. The Bertz CT molecular complexity index is 582. The molecule has 5 nitrogen and oxygen atoms in total. The van der Waals surface area contributed by atoms with E-state index in [1.807, 2.05) is 18.2 Å². The van der Waals surface area contributed by atoms with Gasteiger partial charge in [-0.2, -0.15) is 0 Å². The van der Waals surface area contributed by atoms with Crippen molar-refractivity contribution in [1.82, 2.24) is 10.2 Å². The second kappa shape index (κ2) is 9.58. The predicted molar refractivity (Wildman–Crippen MR) is 106 cm³/mol. The molecule has 0 amide bonds. The molecule has 3 rings (SSSR count). The lowest BCUT2D eigenvalue weighted by molar-refractivity contribution is -0.142. The van der Waals surface area contributed by atoms with E-state index in [0.29, 0.717) is 6.04 Å². The third-order valence-corrected chi connectivity index (χ3v) is 5.94. The number of carboxylic acid groups (broad SMARTS) is 1. The van der Waals surface area contributed by atoms with Gasteiger partial charge in [0.15, 0.2) is 0 Å². The number of carbonyl (C=O) groups is 1. The van der Waals surface area contributed by atoms with Gasteiger partial charge in [0.25, 0.3) is 0 Å². The van der Waals surface area contributed by atoms with E-state index in [1.54, 1.807) is 0 Å². The number of hydrogen-bond donors (Lipinski definition) is 2.